The van der Waals surface area contributed by atoms with E-state index in [2.05, 4.69) is 46.4 Å². The smallest absolute Gasteiger partial charge is 0.226 e. The zero-order chi connectivity index (χ0) is 17.6. The van der Waals surface area contributed by atoms with Gasteiger partial charge in [-0.05, 0) is 49.3 Å². The highest BCUT2D eigenvalue weighted by molar-refractivity contribution is 5.93. The molecule has 2 saturated heterocycles. The van der Waals surface area contributed by atoms with Gasteiger partial charge >= 0.3 is 0 Å². The maximum Gasteiger partial charge on any atom is 0.226 e. The molecule has 0 spiro atoms. The molecular formula is C20H30N4O. The van der Waals surface area contributed by atoms with Crippen LogP contribution in [-0.4, -0.2) is 43.4 Å². The van der Waals surface area contributed by atoms with Gasteiger partial charge in [-0.2, -0.15) is 0 Å². The molecule has 0 aliphatic carbocycles. The first-order valence-electron chi connectivity index (χ1n) is 9.52. The number of benzene rings is 1. The van der Waals surface area contributed by atoms with Crippen molar-refractivity contribution in [3.63, 3.8) is 0 Å². The van der Waals surface area contributed by atoms with Gasteiger partial charge in [0, 0.05) is 45.3 Å². The minimum Gasteiger partial charge on any atom is -0.352 e. The normalized spacial score (nSPS) is 20.1. The van der Waals surface area contributed by atoms with Crippen molar-refractivity contribution in [1.82, 2.24) is 10.2 Å². The zero-order valence-electron chi connectivity index (χ0n) is 15.5. The lowest BCUT2D eigenvalue weighted by atomic mass is 9.99. The Hall–Kier alpha value is -2.04. The van der Waals surface area contributed by atoms with Crippen LogP contribution in [0.5, 0.6) is 0 Å². The number of carbonyl (C=O) groups excluding carboxylic acids is 1. The van der Waals surface area contributed by atoms with Crippen LogP contribution in [0.2, 0.25) is 0 Å². The summed E-state index contributed by atoms with van der Waals surface area (Å²) in [6, 6.07) is 8.34. The van der Waals surface area contributed by atoms with Gasteiger partial charge in [-0.15, -0.1) is 0 Å². The quantitative estimate of drug-likeness (QED) is 0.678. The maximum atomic E-state index is 12.0. The number of nitrogens with one attached hydrogen (secondary N) is 1. The number of piperidine rings is 2. The van der Waals surface area contributed by atoms with Crippen LogP contribution in [0.1, 0.15) is 44.6 Å². The van der Waals surface area contributed by atoms with Gasteiger partial charge in [-0.3, -0.25) is 9.79 Å². The molecule has 0 radical (unpaired) electrons. The summed E-state index contributed by atoms with van der Waals surface area (Å²) in [4.78, 5) is 20.7. The number of carbonyl (C=O) groups is 1. The second-order valence-corrected chi connectivity index (χ2v) is 7.24. The van der Waals surface area contributed by atoms with Gasteiger partial charge in [-0.25, -0.2) is 0 Å². The topological polar surface area (TPSA) is 47.9 Å². The molecule has 0 bridgehead atoms. The van der Waals surface area contributed by atoms with Crippen LogP contribution in [0.25, 0.3) is 0 Å². The van der Waals surface area contributed by atoms with Gasteiger partial charge in [0.1, 0.15) is 0 Å². The van der Waals surface area contributed by atoms with E-state index in [0.29, 0.717) is 6.42 Å². The summed E-state index contributed by atoms with van der Waals surface area (Å²) in [6.45, 7) is 6.08. The van der Waals surface area contributed by atoms with Crippen molar-refractivity contribution in [2.24, 2.45) is 10.9 Å². The molecular weight excluding hydrogens is 312 g/mol. The van der Waals surface area contributed by atoms with E-state index < -0.39 is 0 Å². The molecule has 1 N–H and O–H groups in total. The molecule has 2 heterocycles. The monoisotopic (exact) mass is 342 g/mol. The summed E-state index contributed by atoms with van der Waals surface area (Å²) < 4.78 is 0. The third-order valence-electron chi connectivity index (χ3n) is 5.32. The second kappa shape index (κ2) is 8.37. The van der Waals surface area contributed by atoms with E-state index in [9.17, 15) is 4.79 Å². The summed E-state index contributed by atoms with van der Waals surface area (Å²) in [5, 5.41) is 3.47. The van der Waals surface area contributed by atoms with Crippen LogP contribution in [0, 0.1) is 5.92 Å². The first-order valence-corrected chi connectivity index (χ1v) is 9.52. The van der Waals surface area contributed by atoms with Crippen molar-refractivity contribution in [1.29, 1.82) is 0 Å². The summed E-state index contributed by atoms with van der Waals surface area (Å²) in [6.07, 6.45) is 5.26. The molecule has 0 unspecified atom stereocenters. The Labute approximate surface area is 151 Å². The third kappa shape index (κ3) is 4.53. The van der Waals surface area contributed by atoms with E-state index in [1.54, 1.807) is 0 Å². The summed E-state index contributed by atoms with van der Waals surface area (Å²) in [5.74, 6) is 2.05. The van der Waals surface area contributed by atoms with E-state index in [1.165, 1.54) is 18.4 Å². The van der Waals surface area contributed by atoms with Gasteiger partial charge in [-0.1, -0.05) is 19.1 Å². The molecule has 3 rings (SSSR count). The molecule has 136 valence electrons. The molecule has 5 nitrogen and oxygen atoms in total. The Kier molecular flexibility index (Phi) is 5.95. The van der Waals surface area contributed by atoms with Crippen molar-refractivity contribution in [2.75, 3.05) is 31.6 Å². The number of anilines is 1. The Bertz CT molecular complexity index is 603. The Morgan fingerprint density at radius 1 is 1.16 bits per heavy atom. The largest absolute Gasteiger partial charge is 0.352 e. The molecule has 1 amide bonds. The fraction of sp³-hybridized carbons (Fsp3) is 0.600. The van der Waals surface area contributed by atoms with Crippen molar-refractivity contribution in [3.05, 3.63) is 29.8 Å². The van der Waals surface area contributed by atoms with Crippen LogP contribution < -0.4 is 10.2 Å². The van der Waals surface area contributed by atoms with Gasteiger partial charge in [0.05, 0.1) is 0 Å². The molecule has 1 aromatic carbocycles. The first kappa shape index (κ1) is 17.8. The van der Waals surface area contributed by atoms with Crippen LogP contribution in [0.15, 0.2) is 29.3 Å². The lowest BCUT2D eigenvalue weighted by molar-refractivity contribution is -0.119. The van der Waals surface area contributed by atoms with Crippen LogP contribution in [0.3, 0.4) is 0 Å². The van der Waals surface area contributed by atoms with E-state index in [0.717, 1.165) is 56.6 Å². The van der Waals surface area contributed by atoms with Gasteiger partial charge in [0.25, 0.3) is 0 Å². The maximum absolute atomic E-state index is 12.0. The zero-order valence-corrected chi connectivity index (χ0v) is 15.5. The number of guanidine groups is 1. The predicted molar refractivity (Wildman–Crippen MR) is 103 cm³/mol. The number of aliphatic imine (C=N–C) groups is 1. The van der Waals surface area contributed by atoms with E-state index in [1.807, 2.05) is 11.9 Å². The summed E-state index contributed by atoms with van der Waals surface area (Å²) >= 11 is 0. The van der Waals surface area contributed by atoms with Crippen LogP contribution >= 0.6 is 0 Å². The number of amides is 1. The third-order valence-corrected chi connectivity index (χ3v) is 5.32. The molecule has 1 aromatic rings. The molecule has 2 fully saturated rings. The minimum atomic E-state index is 0.247. The second-order valence-electron chi connectivity index (χ2n) is 7.24. The molecule has 0 aromatic heterocycles. The lowest BCUT2D eigenvalue weighted by Crippen LogP contribution is -2.45. The Balaban J connectivity index is 1.55. The number of likely N-dealkylation sites (tertiary alicyclic amines) is 1. The first-order chi connectivity index (χ1) is 12.2. The SMILES string of the molecule is CN=C(NCc1ccc(N2CCCCC2=O)cc1)N1CCC(C)CC1. The van der Waals surface area contributed by atoms with Crippen LogP contribution in [-0.2, 0) is 11.3 Å². The van der Waals surface area contributed by atoms with Gasteiger partial charge in [0.2, 0.25) is 5.91 Å². The summed E-state index contributed by atoms with van der Waals surface area (Å²) in [5.41, 5.74) is 2.22. The number of hydrogen-bond acceptors (Lipinski definition) is 2. The highest BCUT2D eigenvalue weighted by Gasteiger charge is 2.20. The molecule has 0 saturated carbocycles. The predicted octanol–water partition coefficient (Wildman–Crippen LogP) is 3.01. The fourth-order valence-electron chi connectivity index (χ4n) is 3.61. The van der Waals surface area contributed by atoms with Crippen molar-refractivity contribution in [2.45, 2.75) is 45.6 Å². The van der Waals surface area contributed by atoms with E-state index in [4.69, 9.17) is 0 Å². The van der Waals surface area contributed by atoms with Crippen molar-refractivity contribution < 1.29 is 4.79 Å². The van der Waals surface area contributed by atoms with E-state index in [-0.39, 0.29) is 5.91 Å². The molecule has 5 heteroatoms. The molecule has 2 aliphatic heterocycles. The number of hydrogen-bond donors (Lipinski definition) is 1. The van der Waals surface area contributed by atoms with Crippen LogP contribution in [0.4, 0.5) is 5.69 Å². The number of nitrogens with zero attached hydrogens (tertiary/aromatic N) is 3. The highest BCUT2D eigenvalue weighted by Crippen LogP contribution is 2.21. The lowest BCUT2D eigenvalue weighted by Gasteiger charge is -2.33. The van der Waals surface area contributed by atoms with E-state index >= 15 is 0 Å². The Morgan fingerprint density at radius 2 is 1.88 bits per heavy atom. The van der Waals surface area contributed by atoms with Gasteiger partial charge in [0.15, 0.2) is 5.96 Å². The fourth-order valence-corrected chi connectivity index (χ4v) is 3.61. The average Bonchev–Trinajstić information content (AvgIpc) is 2.65. The highest BCUT2D eigenvalue weighted by atomic mass is 16.2. The van der Waals surface area contributed by atoms with Crippen molar-refractivity contribution >= 4 is 17.6 Å². The standard InChI is InChI=1S/C20H30N4O/c1-16-10-13-23(14-11-16)20(21-2)22-15-17-6-8-18(9-7-17)24-12-4-3-5-19(24)25/h6-9,16H,3-5,10-15H2,1-2H3,(H,21,22). The van der Waals surface area contributed by atoms with Crippen molar-refractivity contribution in [3.8, 4) is 0 Å². The van der Waals surface area contributed by atoms with Gasteiger partial charge < -0.3 is 15.1 Å². The minimum absolute atomic E-state index is 0.247. The molecule has 25 heavy (non-hydrogen) atoms. The number of rotatable bonds is 3. The Morgan fingerprint density at radius 3 is 2.52 bits per heavy atom. The average molecular weight is 342 g/mol. The molecule has 2 aliphatic rings. The molecule has 0 atom stereocenters. The summed E-state index contributed by atoms with van der Waals surface area (Å²) in [7, 11) is 1.85.